The average Bonchev–Trinajstić information content (AvgIpc) is 2.80. The van der Waals surface area contributed by atoms with Gasteiger partial charge in [-0.2, -0.15) is 0 Å². The van der Waals surface area contributed by atoms with Gasteiger partial charge in [0.05, 0.1) is 23.2 Å². The number of hydrogen-bond acceptors (Lipinski definition) is 4. The number of amides is 1. The van der Waals surface area contributed by atoms with Gasteiger partial charge in [-0.3, -0.25) is 9.78 Å². The van der Waals surface area contributed by atoms with E-state index in [4.69, 9.17) is 18.0 Å². The quantitative estimate of drug-likeness (QED) is 0.390. The fraction of sp³-hybridized carbons (Fsp3) is 0.160. The zero-order valence-corrected chi connectivity index (χ0v) is 18.7. The van der Waals surface area contributed by atoms with E-state index in [0.717, 1.165) is 12.4 Å². The number of anilines is 2. The summed E-state index contributed by atoms with van der Waals surface area (Å²) in [5.41, 5.74) is 1.84. The number of likely N-dealkylation sites (N-methyl/N-ethyl adjacent to an activating group) is 1. The van der Waals surface area contributed by atoms with Gasteiger partial charge in [0.15, 0.2) is 0 Å². The molecule has 1 heterocycles. The number of nitrogens with zero attached hydrogens (tertiary/aromatic N) is 2. The van der Waals surface area contributed by atoms with Gasteiger partial charge in [-0.25, -0.2) is 8.78 Å². The lowest BCUT2D eigenvalue weighted by Crippen LogP contribution is -2.30. The summed E-state index contributed by atoms with van der Waals surface area (Å²) < 4.78 is 28.9. The monoisotopic (exact) mass is 467 g/mol. The highest BCUT2D eigenvalue weighted by molar-refractivity contribution is 6.30. The topological polar surface area (TPSA) is 62.3 Å². The van der Waals surface area contributed by atoms with Crippen molar-refractivity contribution in [2.24, 2.45) is 0 Å². The van der Waals surface area contributed by atoms with E-state index in [2.05, 4.69) is 16.2 Å². The van der Waals surface area contributed by atoms with Gasteiger partial charge < -0.3 is 15.0 Å². The van der Waals surface area contributed by atoms with Crippen LogP contribution in [0.4, 0.5) is 20.2 Å². The molecule has 0 radical (unpaired) electrons. The molecule has 0 aliphatic rings. The van der Waals surface area contributed by atoms with Crippen molar-refractivity contribution >= 4 is 35.2 Å². The summed E-state index contributed by atoms with van der Waals surface area (Å²) in [6, 6.07) is 9.99. The fourth-order valence-corrected chi connectivity index (χ4v) is 3.49. The second-order valence-electron chi connectivity index (χ2n) is 7.39. The van der Waals surface area contributed by atoms with Crippen LogP contribution < -0.4 is 10.2 Å². The number of benzene rings is 2. The molecule has 0 saturated carbocycles. The van der Waals surface area contributed by atoms with E-state index < -0.39 is 23.5 Å². The standard InChI is InChI=1S/C25H20ClF2N3O2/c1-4-16-10-21(28)24(18-6-5-9-29-25(18)15(2)14-32)22(11-16)31(3)13-23(33)30-17-7-8-19(26)20(27)12-17/h1,5-12,14-15H,13H2,2-3H3,(H,30,33). The Morgan fingerprint density at radius 3 is 2.70 bits per heavy atom. The van der Waals surface area contributed by atoms with Crippen molar-refractivity contribution in [2.45, 2.75) is 12.8 Å². The Labute approximate surface area is 195 Å². The molecule has 1 amide bonds. The number of nitrogens with one attached hydrogen (secondary N) is 1. The lowest BCUT2D eigenvalue weighted by molar-refractivity contribution is -0.115. The molecule has 5 nitrogen and oxygen atoms in total. The van der Waals surface area contributed by atoms with Crippen LogP contribution in [0, 0.1) is 24.0 Å². The second kappa shape index (κ2) is 10.2. The van der Waals surface area contributed by atoms with E-state index in [9.17, 15) is 14.0 Å². The summed E-state index contributed by atoms with van der Waals surface area (Å²) in [6.07, 6.45) is 7.73. The number of halogens is 3. The molecule has 0 spiro atoms. The van der Waals surface area contributed by atoms with E-state index in [0.29, 0.717) is 16.9 Å². The van der Waals surface area contributed by atoms with Gasteiger partial charge in [-0.1, -0.05) is 30.5 Å². The Bertz CT molecular complexity index is 1260. The maximum absolute atomic E-state index is 15.3. The molecule has 1 atom stereocenters. The highest BCUT2D eigenvalue weighted by atomic mass is 35.5. The van der Waals surface area contributed by atoms with Gasteiger partial charge in [0.1, 0.15) is 17.9 Å². The molecule has 0 bridgehead atoms. The van der Waals surface area contributed by atoms with Crippen molar-refractivity contribution in [3.05, 3.63) is 76.6 Å². The van der Waals surface area contributed by atoms with E-state index in [1.807, 2.05) is 0 Å². The Morgan fingerprint density at radius 1 is 1.27 bits per heavy atom. The van der Waals surface area contributed by atoms with Crippen LogP contribution in [0.25, 0.3) is 11.1 Å². The van der Waals surface area contributed by atoms with Gasteiger partial charge in [-0.15, -0.1) is 6.42 Å². The Morgan fingerprint density at radius 2 is 2.03 bits per heavy atom. The number of pyridine rings is 1. The van der Waals surface area contributed by atoms with Crippen LogP contribution >= 0.6 is 11.6 Å². The highest BCUT2D eigenvalue weighted by Crippen LogP contribution is 2.37. The van der Waals surface area contributed by atoms with E-state index >= 15 is 4.39 Å². The zero-order chi connectivity index (χ0) is 24.1. The molecule has 1 aromatic heterocycles. The van der Waals surface area contributed by atoms with Crippen molar-refractivity contribution in [1.82, 2.24) is 4.98 Å². The summed E-state index contributed by atoms with van der Waals surface area (Å²) >= 11 is 5.67. The van der Waals surface area contributed by atoms with Gasteiger partial charge in [0, 0.05) is 41.3 Å². The summed E-state index contributed by atoms with van der Waals surface area (Å²) in [5, 5.41) is 2.52. The third-order valence-corrected chi connectivity index (χ3v) is 5.28. The number of terminal acetylenes is 1. The molecule has 0 saturated heterocycles. The number of aromatic nitrogens is 1. The molecule has 1 unspecified atom stereocenters. The molecule has 33 heavy (non-hydrogen) atoms. The minimum absolute atomic E-state index is 0.0619. The van der Waals surface area contributed by atoms with Crippen molar-refractivity contribution < 1.29 is 18.4 Å². The lowest BCUT2D eigenvalue weighted by atomic mass is 9.94. The SMILES string of the molecule is C#Cc1cc(F)c(-c2cccnc2C(C)C=O)c(N(C)CC(=O)Nc2ccc(Cl)c(F)c2)c1. The first-order valence-electron chi connectivity index (χ1n) is 9.92. The first-order valence-corrected chi connectivity index (χ1v) is 10.3. The molecule has 168 valence electrons. The van der Waals surface area contributed by atoms with Crippen molar-refractivity contribution in [3.63, 3.8) is 0 Å². The second-order valence-corrected chi connectivity index (χ2v) is 7.80. The Kier molecular flexibility index (Phi) is 7.41. The van der Waals surface area contributed by atoms with Crippen molar-refractivity contribution in [3.8, 4) is 23.5 Å². The van der Waals surface area contributed by atoms with Crippen LogP contribution in [-0.2, 0) is 9.59 Å². The van der Waals surface area contributed by atoms with Crippen LogP contribution in [0.15, 0.2) is 48.7 Å². The zero-order valence-electron chi connectivity index (χ0n) is 17.9. The van der Waals surface area contributed by atoms with Gasteiger partial charge >= 0.3 is 0 Å². The molecule has 0 aliphatic carbocycles. The number of carbonyl (C=O) groups excluding carboxylic acids is 2. The molecular weight excluding hydrogens is 448 g/mol. The maximum Gasteiger partial charge on any atom is 0.243 e. The van der Waals surface area contributed by atoms with Crippen LogP contribution in [0.1, 0.15) is 24.1 Å². The van der Waals surface area contributed by atoms with E-state index in [1.54, 1.807) is 32.2 Å². The molecule has 3 rings (SSSR count). The minimum atomic E-state index is -0.665. The van der Waals surface area contributed by atoms with Crippen LogP contribution in [0.3, 0.4) is 0 Å². The summed E-state index contributed by atoms with van der Waals surface area (Å²) in [5.74, 6) is 0.0829. The summed E-state index contributed by atoms with van der Waals surface area (Å²) in [6.45, 7) is 1.47. The van der Waals surface area contributed by atoms with Crippen molar-refractivity contribution in [1.29, 1.82) is 0 Å². The molecule has 0 aliphatic heterocycles. The largest absolute Gasteiger partial charge is 0.365 e. The predicted octanol–water partition coefficient (Wildman–Crippen LogP) is 5.04. The average molecular weight is 468 g/mol. The van der Waals surface area contributed by atoms with Gasteiger partial charge in [-0.05, 0) is 36.4 Å². The molecule has 0 fully saturated rings. The smallest absolute Gasteiger partial charge is 0.243 e. The first kappa shape index (κ1) is 23.9. The molecule has 2 aromatic carbocycles. The van der Waals surface area contributed by atoms with Crippen LogP contribution in [0.2, 0.25) is 5.02 Å². The lowest BCUT2D eigenvalue weighted by Gasteiger charge is -2.24. The van der Waals surface area contributed by atoms with E-state index in [1.165, 1.54) is 29.3 Å². The minimum Gasteiger partial charge on any atom is -0.365 e. The Hall–Kier alpha value is -3.76. The van der Waals surface area contributed by atoms with Crippen LogP contribution in [0.5, 0.6) is 0 Å². The third-order valence-electron chi connectivity index (χ3n) is 4.97. The normalized spacial score (nSPS) is 11.4. The van der Waals surface area contributed by atoms with Gasteiger partial charge in [0.2, 0.25) is 5.91 Å². The molecular formula is C25H20ClF2N3O2. The third kappa shape index (κ3) is 5.36. The van der Waals surface area contributed by atoms with Crippen LogP contribution in [-0.4, -0.2) is 30.8 Å². The number of aldehydes is 1. The van der Waals surface area contributed by atoms with E-state index in [-0.39, 0.29) is 28.4 Å². The Balaban J connectivity index is 1.99. The molecule has 8 heteroatoms. The molecule has 1 N–H and O–H groups in total. The number of hydrogen-bond donors (Lipinski definition) is 1. The van der Waals surface area contributed by atoms with Crippen molar-refractivity contribution in [2.75, 3.05) is 23.8 Å². The highest BCUT2D eigenvalue weighted by Gasteiger charge is 2.22. The molecule has 3 aromatic rings. The number of carbonyl (C=O) groups is 2. The predicted molar refractivity (Wildman–Crippen MR) is 125 cm³/mol. The maximum atomic E-state index is 15.3. The van der Waals surface area contributed by atoms with Gasteiger partial charge in [0.25, 0.3) is 0 Å². The summed E-state index contributed by atoms with van der Waals surface area (Å²) in [7, 11) is 1.60. The summed E-state index contributed by atoms with van der Waals surface area (Å²) in [4.78, 5) is 29.8. The fourth-order valence-electron chi connectivity index (χ4n) is 3.37. The number of rotatable bonds is 7. The first-order chi connectivity index (χ1) is 15.7.